The summed E-state index contributed by atoms with van der Waals surface area (Å²) in [5, 5.41) is 26.0. The molecule has 0 amide bonds. The lowest BCUT2D eigenvalue weighted by Gasteiger charge is -2.10. The number of hydrazone groups is 1. The maximum absolute atomic E-state index is 12.9. The van der Waals surface area contributed by atoms with Gasteiger partial charge in [0.05, 0.1) is 22.3 Å². The number of aromatic nitrogens is 1. The summed E-state index contributed by atoms with van der Waals surface area (Å²) < 4.78 is 40.7. The fourth-order valence-corrected chi connectivity index (χ4v) is 5.63. The van der Waals surface area contributed by atoms with E-state index in [1.807, 2.05) is 24.5 Å². The summed E-state index contributed by atoms with van der Waals surface area (Å²) in [6.07, 6.45) is 0.825. The molecule has 176 valence electrons. The van der Waals surface area contributed by atoms with Crippen LogP contribution in [-0.2, 0) is 19.0 Å². The molecule has 0 saturated heterocycles. The van der Waals surface area contributed by atoms with Crippen molar-refractivity contribution in [2.24, 2.45) is 5.10 Å². The van der Waals surface area contributed by atoms with Crippen LogP contribution >= 0.6 is 11.3 Å². The van der Waals surface area contributed by atoms with E-state index in [9.17, 15) is 28.5 Å². The van der Waals surface area contributed by atoms with E-state index < -0.39 is 22.4 Å². The Morgan fingerprint density at radius 2 is 2.00 bits per heavy atom. The van der Waals surface area contributed by atoms with Gasteiger partial charge >= 0.3 is 6.18 Å². The summed E-state index contributed by atoms with van der Waals surface area (Å²) in [6, 6.07) is 6.46. The van der Waals surface area contributed by atoms with E-state index in [-0.39, 0.29) is 5.69 Å². The number of nitro groups is 1. The van der Waals surface area contributed by atoms with Gasteiger partial charge in [0.1, 0.15) is 16.8 Å². The first kappa shape index (κ1) is 23.5. The molecule has 0 spiro atoms. The Kier molecular flexibility index (Phi) is 6.18. The monoisotopic (exact) mass is 487 g/mol. The third-order valence-corrected chi connectivity index (χ3v) is 7.13. The van der Waals surface area contributed by atoms with E-state index in [0.29, 0.717) is 11.6 Å². The number of hydrogen-bond donors (Lipinski definition) is 1. The van der Waals surface area contributed by atoms with E-state index in [0.717, 1.165) is 65.3 Å². The quantitative estimate of drug-likeness (QED) is 0.260. The number of nitriles is 1. The minimum absolute atomic E-state index is 0.152. The molecular weight excluding hydrogens is 467 g/mol. The molecule has 2 heterocycles. The van der Waals surface area contributed by atoms with Crippen LogP contribution in [0.25, 0.3) is 5.00 Å². The topological polar surface area (TPSA) is 96.2 Å². The summed E-state index contributed by atoms with van der Waals surface area (Å²) in [7, 11) is 0. The van der Waals surface area contributed by atoms with Gasteiger partial charge in [-0.3, -0.25) is 15.5 Å². The molecule has 34 heavy (non-hydrogen) atoms. The molecule has 0 bridgehead atoms. The van der Waals surface area contributed by atoms with Gasteiger partial charge in [-0.05, 0) is 63.3 Å². The minimum atomic E-state index is -4.69. The summed E-state index contributed by atoms with van der Waals surface area (Å²) in [6.45, 7) is 3.80. The van der Waals surface area contributed by atoms with Gasteiger partial charge in [-0.2, -0.15) is 23.5 Å². The van der Waals surface area contributed by atoms with Crippen LogP contribution in [0.2, 0.25) is 0 Å². The number of nitrogens with one attached hydrogen (secondary N) is 1. The van der Waals surface area contributed by atoms with Crippen molar-refractivity contribution in [2.75, 3.05) is 5.43 Å². The van der Waals surface area contributed by atoms with Crippen LogP contribution in [-0.4, -0.2) is 15.7 Å². The van der Waals surface area contributed by atoms with Gasteiger partial charge in [-0.1, -0.05) is 0 Å². The molecule has 4 rings (SSSR count). The van der Waals surface area contributed by atoms with E-state index >= 15 is 0 Å². The largest absolute Gasteiger partial charge is 0.416 e. The van der Waals surface area contributed by atoms with Crippen molar-refractivity contribution in [1.82, 2.24) is 4.57 Å². The summed E-state index contributed by atoms with van der Waals surface area (Å²) >= 11 is 1.62. The molecule has 0 unspecified atom stereocenters. The third kappa shape index (κ3) is 4.28. The van der Waals surface area contributed by atoms with Crippen molar-refractivity contribution >= 4 is 28.9 Å². The SMILES string of the molecule is Cc1cc(/C=N\Nc2ccc(C(F)(F)F)cc2[N+](=O)[O-])c(C)n1-c1sc2c(c1C#N)CCCC2. The predicted octanol–water partition coefficient (Wildman–Crippen LogP) is 6.28. The van der Waals surface area contributed by atoms with Crippen LogP contribution in [0.5, 0.6) is 0 Å². The number of thiophene rings is 1. The number of fused-ring (bicyclic) bond motifs is 1. The third-order valence-electron chi connectivity index (χ3n) is 5.85. The first-order valence-electron chi connectivity index (χ1n) is 10.5. The highest BCUT2D eigenvalue weighted by Gasteiger charge is 2.33. The molecule has 11 heteroatoms. The molecule has 2 aromatic heterocycles. The second kappa shape index (κ2) is 8.95. The summed E-state index contributed by atoms with van der Waals surface area (Å²) in [5.74, 6) is 0. The van der Waals surface area contributed by atoms with Crippen LogP contribution < -0.4 is 5.43 Å². The smallest absolute Gasteiger partial charge is 0.308 e. The predicted molar refractivity (Wildman–Crippen MR) is 124 cm³/mol. The molecule has 0 aliphatic heterocycles. The van der Waals surface area contributed by atoms with Crippen LogP contribution in [0.4, 0.5) is 24.5 Å². The number of alkyl halides is 3. The number of anilines is 1. The maximum Gasteiger partial charge on any atom is 0.416 e. The van der Waals surface area contributed by atoms with E-state index in [1.54, 1.807) is 11.3 Å². The Morgan fingerprint density at radius 3 is 2.68 bits per heavy atom. The highest BCUT2D eigenvalue weighted by atomic mass is 32.1. The van der Waals surface area contributed by atoms with Crippen molar-refractivity contribution in [1.29, 1.82) is 5.26 Å². The standard InChI is InChI=1S/C23H20F3N5O2S/c1-13-9-15(12-28-29-19-8-7-16(23(24,25)26)10-20(19)31(32)33)14(2)30(13)22-18(11-27)17-5-3-4-6-21(17)34-22/h7-10,12,29H,3-6H2,1-2H3/b28-12-. The first-order chi connectivity index (χ1) is 16.1. The lowest BCUT2D eigenvalue weighted by molar-refractivity contribution is -0.384. The maximum atomic E-state index is 12.9. The molecule has 0 fully saturated rings. The molecule has 0 saturated carbocycles. The Labute approximate surface area is 197 Å². The lowest BCUT2D eigenvalue weighted by atomic mass is 9.96. The molecule has 1 aromatic carbocycles. The second-order valence-corrected chi connectivity index (χ2v) is 9.11. The fraction of sp³-hybridized carbons (Fsp3) is 0.304. The minimum Gasteiger partial charge on any atom is -0.308 e. The van der Waals surface area contributed by atoms with Crippen LogP contribution in [0.15, 0.2) is 29.4 Å². The number of rotatable bonds is 5. The summed E-state index contributed by atoms with van der Waals surface area (Å²) in [4.78, 5) is 11.6. The van der Waals surface area contributed by atoms with Crippen LogP contribution in [0.1, 0.15) is 51.4 Å². The highest BCUT2D eigenvalue weighted by Crippen LogP contribution is 2.38. The fourth-order valence-electron chi connectivity index (χ4n) is 4.18. The first-order valence-corrected chi connectivity index (χ1v) is 11.3. The van der Waals surface area contributed by atoms with Crippen molar-refractivity contribution in [3.05, 3.63) is 72.9 Å². The van der Waals surface area contributed by atoms with Gasteiger partial charge in [-0.15, -0.1) is 11.3 Å². The summed E-state index contributed by atoms with van der Waals surface area (Å²) in [5.41, 5.74) is 4.78. The lowest BCUT2D eigenvalue weighted by Crippen LogP contribution is -2.06. The Hall–Kier alpha value is -3.65. The average molecular weight is 488 g/mol. The molecular formula is C23H20F3N5O2S. The van der Waals surface area contributed by atoms with E-state index in [4.69, 9.17) is 0 Å². The molecule has 1 aliphatic carbocycles. The average Bonchev–Trinajstić information content (AvgIpc) is 3.28. The zero-order valence-electron chi connectivity index (χ0n) is 18.4. The molecule has 0 radical (unpaired) electrons. The number of nitrogens with zero attached hydrogens (tertiary/aromatic N) is 4. The highest BCUT2D eigenvalue weighted by molar-refractivity contribution is 7.15. The number of benzene rings is 1. The Morgan fingerprint density at radius 1 is 1.26 bits per heavy atom. The van der Waals surface area contributed by atoms with E-state index in [2.05, 4.69) is 16.6 Å². The van der Waals surface area contributed by atoms with Gasteiger partial charge in [0.25, 0.3) is 5.69 Å². The number of aryl methyl sites for hydroxylation is 2. The van der Waals surface area contributed by atoms with Crippen molar-refractivity contribution in [3.63, 3.8) is 0 Å². The Bertz CT molecular complexity index is 1350. The van der Waals surface area contributed by atoms with Crippen molar-refractivity contribution < 1.29 is 18.1 Å². The number of halogens is 3. The van der Waals surface area contributed by atoms with Crippen LogP contribution in [0, 0.1) is 35.3 Å². The van der Waals surface area contributed by atoms with Gasteiger partial charge in [0, 0.05) is 27.9 Å². The molecule has 1 aliphatic rings. The molecule has 0 atom stereocenters. The second-order valence-electron chi connectivity index (χ2n) is 8.02. The van der Waals surface area contributed by atoms with Gasteiger partial charge in [0.2, 0.25) is 0 Å². The number of nitro benzene ring substituents is 1. The normalized spacial score (nSPS) is 13.6. The van der Waals surface area contributed by atoms with Gasteiger partial charge in [0.15, 0.2) is 0 Å². The molecule has 1 N–H and O–H groups in total. The number of hydrogen-bond acceptors (Lipinski definition) is 6. The van der Waals surface area contributed by atoms with Gasteiger partial charge in [-0.25, -0.2) is 0 Å². The van der Waals surface area contributed by atoms with Crippen molar-refractivity contribution in [3.8, 4) is 11.1 Å². The van der Waals surface area contributed by atoms with Crippen LogP contribution in [0.3, 0.4) is 0 Å². The van der Waals surface area contributed by atoms with Gasteiger partial charge < -0.3 is 4.57 Å². The molecule has 7 nitrogen and oxygen atoms in total. The zero-order valence-corrected chi connectivity index (χ0v) is 19.2. The molecule has 3 aromatic rings. The Balaban J connectivity index is 1.64. The zero-order chi connectivity index (χ0) is 24.6. The van der Waals surface area contributed by atoms with E-state index in [1.165, 1.54) is 11.1 Å². The van der Waals surface area contributed by atoms with Crippen molar-refractivity contribution in [2.45, 2.75) is 45.7 Å².